The molecule has 0 aliphatic rings. The van der Waals surface area contributed by atoms with Crippen molar-refractivity contribution in [3.63, 3.8) is 0 Å². The van der Waals surface area contributed by atoms with Gasteiger partial charge >= 0.3 is 5.97 Å². The minimum Gasteiger partial charge on any atom is -0.384 e. The first-order valence-electron chi connectivity index (χ1n) is 8.04. The van der Waals surface area contributed by atoms with E-state index in [1.807, 2.05) is 12.1 Å². The molecule has 7 nitrogen and oxygen atoms in total. The van der Waals surface area contributed by atoms with Gasteiger partial charge < -0.3 is 10.6 Å². The number of amidine groups is 1. The number of nitro groups is 1. The third-order valence-corrected chi connectivity index (χ3v) is 3.76. The number of oxime groups is 1. The van der Waals surface area contributed by atoms with Crippen molar-refractivity contribution < 1.29 is 14.6 Å². The molecule has 26 heavy (non-hydrogen) atoms. The number of nitrogens with two attached hydrogens (primary N) is 1. The highest BCUT2D eigenvalue weighted by atomic mass is 16.7. The van der Waals surface area contributed by atoms with Crippen molar-refractivity contribution in [1.29, 1.82) is 0 Å². The Kier molecular flexibility index (Phi) is 5.71. The fourth-order valence-corrected chi connectivity index (χ4v) is 2.24. The first-order valence-corrected chi connectivity index (χ1v) is 8.04. The summed E-state index contributed by atoms with van der Waals surface area (Å²) in [5, 5.41) is 14.3. The van der Waals surface area contributed by atoms with E-state index in [1.54, 1.807) is 24.3 Å². The lowest BCUT2D eigenvalue weighted by molar-refractivity contribution is -0.384. The zero-order chi connectivity index (χ0) is 19.3. The molecule has 2 aromatic carbocycles. The summed E-state index contributed by atoms with van der Waals surface area (Å²) in [6.07, 6.45) is 0.217. The van der Waals surface area contributed by atoms with Crippen molar-refractivity contribution in [3.05, 3.63) is 75.3 Å². The molecular formula is C19H21N3O4. The highest BCUT2D eigenvalue weighted by Gasteiger charge is 2.15. The van der Waals surface area contributed by atoms with Gasteiger partial charge in [0.05, 0.1) is 10.5 Å². The van der Waals surface area contributed by atoms with Gasteiger partial charge in [0, 0.05) is 18.6 Å². The molecule has 0 radical (unpaired) electrons. The maximum atomic E-state index is 12.0. The van der Waals surface area contributed by atoms with Gasteiger partial charge in [0.1, 0.15) is 5.84 Å². The van der Waals surface area contributed by atoms with Crippen LogP contribution in [0.4, 0.5) is 5.69 Å². The lowest BCUT2D eigenvalue weighted by Gasteiger charge is -2.18. The quantitative estimate of drug-likeness (QED) is 0.290. The minimum atomic E-state index is -0.600. The first kappa shape index (κ1) is 19.1. The molecule has 0 fully saturated rings. The number of rotatable bonds is 5. The third-order valence-electron chi connectivity index (χ3n) is 3.76. The number of carbonyl (C=O) groups excluding carboxylic acids is 1. The average Bonchev–Trinajstić information content (AvgIpc) is 2.59. The lowest BCUT2D eigenvalue weighted by Crippen LogP contribution is -2.17. The molecule has 2 rings (SSSR count). The smallest absolute Gasteiger partial charge is 0.365 e. The van der Waals surface area contributed by atoms with Crippen LogP contribution in [0.3, 0.4) is 0 Å². The Morgan fingerprint density at radius 1 is 1.12 bits per heavy atom. The highest BCUT2D eigenvalue weighted by Crippen LogP contribution is 2.22. The second-order valence-corrected chi connectivity index (χ2v) is 6.89. The Morgan fingerprint density at radius 2 is 1.69 bits per heavy atom. The maximum Gasteiger partial charge on any atom is 0.365 e. The molecular weight excluding hydrogens is 334 g/mol. The molecule has 0 amide bonds. The van der Waals surface area contributed by atoms with Crippen molar-refractivity contribution in [1.82, 2.24) is 0 Å². The summed E-state index contributed by atoms with van der Waals surface area (Å²) in [4.78, 5) is 27.0. The molecule has 0 saturated carbocycles. The number of carbonyl (C=O) groups is 1. The summed E-state index contributed by atoms with van der Waals surface area (Å²) in [5.74, 6) is -0.504. The van der Waals surface area contributed by atoms with Crippen LogP contribution in [0.15, 0.2) is 53.7 Å². The van der Waals surface area contributed by atoms with Crippen molar-refractivity contribution in [3.8, 4) is 0 Å². The first-order chi connectivity index (χ1) is 12.2. The monoisotopic (exact) mass is 355 g/mol. The Morgan fingerprint density at radius 3 is 2.19 bits per heavy atom. The summed E-state index contributed by atoms with van der Waals surface area (Å²) in [6, 6.07) is 13.0. The van der Waals surface area contributed by atoms with E-state index in [2.05, 4.69) is 25.9 Å². The van der Waals surface area contributed by atoms with Gasteiger partial charge in [0.25, 0.3) is 5.69 Å². The summed E-state index contributed by atoms with van der Waals surface area (Å²) < 4.78 is 0. The van der Waals surface area contributed by atoms with E-state index in [0.717, 1.165) is 11.1 Å². The molecule has 0 atom stereocenters. The van der Waals surface area contributed by atoms with Gasteiger partial charge in [-0.1, -0.05) is 50.2 Å². The lowest BCUT2D eigenvalue weighted by atomic mass is 9.87. The van der Waals surface area contributed by atoms with E-state index in [1.165, 1.54) is 12.1 Å². The molecule has 7 heteroatoms. The fourth-order valence-electron chi connectivity index (χ4n) is 2.24. The number of hydrogen-bond acceptors (Lipinski definition) is 5. The normalized spacial score (nSPS) is 11.9. The minimum absolute atomic E-state index is 0.00419. The van der Waals surface area contributed by atoms with Crippen LogP contribution in [0, 0.1) is 10.1 Å². The molecule has 0 aliphatic heterocycles. The standard InChI is InChI=1S/C19H21N3O4/c1-19(2,3)15-8-6-14(7-9-15)18(23)26-21-17(20)12-13-4-10-16(11-5-13)22(24)25/h4-11H,12H2,1-3H3,(H2,20,21). The molecule has 0 saturated heterocycles. The summed E-state index contributed by atoms with van der Waals surface area (Å²) in [7, 11) is 0. The van der Waals surface area contributed by atoms with Gasteiger partial charge in [-0.2, -0.15) is 0 Å². The van der Waals surface area contributed by atoms with Gasteiger partial charge in [-0.05, 0) is 28.7 Å². The van der Waals surface area contributed by atoms with E-state index in [4.69, 9.17) is 10.6 Å². The summed E-state index contributed by atoms with van der Waals surface area (Å²) >= 11 is 0. The Bertz CT molecular complexity index is 819. The SMILES string of the molecule is CC(C)(C)c1ccc(C(=O)O/N=C(\N)Cc2ccc([N+](=O)[O-])cc2)cc1. The summed E-state index contributed by atoms with van der Waals surface area (Å²) in [5.41, 5.74) is 7.95. The number of nitro benzene ring substituents is 1. The van der Waals surface area contributed by atoms with Crippen molar-refractivity contribution in [2.45, 2.75) is 32.6 Å². The van der Waals surface area contributed by atoms with Crippen LogP contribution in [0.1, 0.15) is 42.3 Å². The Balaban J connectivity index is 1.97. The highest BCUT2D eigenvalue weighted by molar-refractivity contribution is 5.90. The van der Waals surface area contributed by atoms with Crippen LogP contribution in [-0.2, 0) is 16.7 Å². The predicted octanol–water partition coefficient (Wildman–Crippen LogP) is 3.56. The van der Waals surface area contributed by atoms with Crippen molar-refractivity contribution >= 4 is 17.5 Å². The molecule has 0 unspecified atom stereocenters. The summed E-state index contributed by atoms with van der Waals surface area (Å²) in [6.45, 7) is 6.26. The molecule has 2 aromatic rings. The Labute approximate surface area is 151 Å². The molecule has 0 aliphatic carbocycles. The molecule has 0 aromatic heterocycles. The van der Waals surface area contributed by atoms with E-state index >= 15 is 0 Å². The van der Waals surface area contributed by atoms with Crippen LogP contribution < -0.4 is 5.73 Å². The molecule has 0 spiro atoms. The van der Waals surface area contributed by atoms with Gasteiger partial charge in [-0.15, -0.1) is 0 Å². The average molecular weight is 355 g/mol. The fraction of sp³-hybridized carbons (Fsp3) is 0.263. The van der Waals surface area contributed by atoms with Crippen molar-refractivity contribution in [2.75, 3.05) is 0 Å². The molecule has 136 valence electrons. The predicted molar refractivity (Wildman–Crippen MR) is 99.0 cm³/mol. The molecule has 2 N–H and O–H groups in total. The maximum absolute atomic E-state index is 12.0. The third kappa shape index (κ3) is 5.14. The number of benzene rings is 2. The van der Waals surface area contributed by atoms with E-state index < -0.39 is 10.9 Å². The van der Waals surface area contributed by atoms with Crippen LogP contribution in [-0.4, -0.2) is 16.7 Å². The Hall–Kier alpha value is -3.22. The molecule has 0 heterocycles. The van der Waals surface area contributed by atoms with Gasteiger partial charge in [-0.25, -0.2) is 4.79 Å². The van der Waals surface area contributed by atoms with Crippen LogP contribution in [0.25, 0.3) is 0 Å². The topological polar surface area (TPSA) is 108 Å². The van der Waals surface area contributed by atoms with Gasteiger partial charge in [-0.3, -0.25) is 10.1 Å². The van der Waals surface area contributed by atoms with Crippen molar-refractivity contribution in [2.24, 2.45) is 10.9 Å². The van der Waals surface area contributed by atoms with Crippen LogP contribution in [0.2, 0.25) is 0 Å². The second kappa shape index (κ2) is 7.77. The van der Waals surface area contributed by atoms with Gasteiger partial charge in [0.15, 0.2) is 0 Å². The number of nitrogens with zero attached hydrogens (tertiary/aromatic N) is 2. The number of non-ortho nitro benzene ring substituents is 1. The van der Waals surface area contributed by atoms with E-state index in [0.29, 0.717) is 5.56 Å². The van der Waals surface area contributed by atoms with E-state index in [-0.39, 0.29) is 23.4 Å². The van der Waals surface area contributed by atoms with Crippen LogP contribution >= 0.6 is 0 Å². The molecule has 0 bridgehead atoms. The number of hydrogen-bond donors (Lipinski definition) is 1. The van der Waals surface area contributed by atoms with E-state index in [9.17, 15) is 14.9 Å². The largest absolute Gasteiger partial charge is 0.384 e. The zero-order valence-electron chi connectivity index (χ0n) is 14.9. The second-order valence-electron chi connectivity index (χ2n) is 6.89. The van der Waals surface area contributed by atoms with Crippen LogP contribution in [0.5, 0.6) is 0 Å². The van der Waals surface area contributed by atoms with Gasteiger partial charge in [0.2, 0.25) is 0 Å². The zero-order valence-corrected chi connectivity index (χ0v) is 14.9.